The van der Waals surface area contributed by atoms with Crippen LogP contribution in [0.15, 0.2) is 0 Å². The zero-order chi connectivity index (χ0) is 16.4. The monoisotopic (exact) mass is 332 g/mol. The molecule has 1 saturated carbocycles. The molecule has 4 heterocycles. The minimum Gasteiger partial charge on any atom is -0.306 e. The normalized spacial score (nSPS) is 50.4. The van der Waals surface area contributed by atoms with Crippen LogP contribution >= 0.6 is 0 Å². The molecule has 0 amide bonds. The Morgan fingerprint density at radius 1 is 0.792 bits per heavy atom. The van der Waals surface area contributed by atoms with E-state index in [2.05, 4.69) is 40.7 Å². The fourth-order valence-electron chi connectivity index (χ4n) is 6.91. The number of hydrogen-bond acceptors (Lipinski definition) is 4. The van der Waals surface area contributed by atoms with Crippen molar-refractivity contribution >= 4 is 0 Å². The lowest BCUT2D eigenvalue weighted by Crippen LogP contribution is -2.66. The predicted molar refractivity (Wildman–Crippen MR) is 98.1 cm³/mol. The smallest absolute Gasteiger partial charge is 0.0252 e. The van der Waals surface area contributed by atoms with Crippen molar-refractivity contribution in [3.05, 3.63) is 0 Å². The molecule has 0 N–H and O–H groups in total. The number of rotatable bonds is 3. The van der Waals surface area contributed by atoms with E-state index in [0.29, 0.717) is 0 Å². The van der Waals surface area contributed by atoms with Crippen molar-refractivity contribution in [2.24, 2.45) is 29.6 Å². The Labute approximate surface area is 148 Å². The molecule has 4 nitrogen and oxygen atoms in total. The lowest BCUT2D eigenvalue weighted by Gasteiger charge is -2.55. The third-order valence-corrected chi connectivity index (χ3v) is 8.20. The summed E-state index contributed by atoms with van der Waals surface area (Å²) in [6, 6.07) is 1.78. The second-order valence-corrected chi connectivity index (χ2v) is 9.90. The highest BCUT2D eigenvalue weighted by Crippen LogP contribution is 2.52. The summed E-state index contributed by atoms with van der Waals surface area (Å²) in [6.07, 6.45) is 4.42. The van der Waals surface area contributed by atoms with Crippen LogP contribution < -0.4 is 0 Å². The molecule has 24 heavy (non-hydrogen) atoms. The van der Waals surface area contributed by atoms with E-state index in [-0.39, 0.29) is 0 Å². The zero-order valence-corrected chi connectivity index (χ0v) is 15.9. The molecule has 0 aromatic heterocycles. The Bertz CT molecular complexity index is 482. The number of nitrogens with zero attached hydrogens (tertiary/aromatic N) is 4. The van der Waals surface area contributed by atoms with Gasteiger partial charge in [0.05, 0.1) is 0 Å². The number of piperidine rings is 2. The Morgan fingerprint density at radius 2 is 1.62 bits per heavy atom. The third kappa shape index (κ3) is 2.65. The standard InChI is InChI=1S/C20H36N4/c1-21-6-4-14-5-7-24(19(14)13-21)11-15-8-17(15)18-12-22(2)9-16-10-23(3)20(16)18/h14-20H,4-13H2,1-3H3/t14-,15?,16?,17?,18?,19-,20?/m1/s1. The predicted octanol–water partition coefficient (Wildman–Crippen LogP) is 1.14. The Hall–Kier alpha value is -0.160. The van der Waals surface area contributed by atoms with Crippen LogP contribution in [-0.4, -0.2) is 98.6 Å². The lowest BCUT2D eigenvalue weighted by atomic mass is 9.74. The first-order chi connectivity index (χ1) is 11.6. The molecular formula is C20H36N4. The molecule has 7 atom stereocenters. The molecular weight excluding hydrogens is 296 g/mol. The summed E-state index contributed by atoms with van der Waals surface area (Å²) in [7, 11) is 7.03. The van der Waals surface area contributed by atoms with Crippen LogP contribution in [0.1, 0.15) is 19.3 Å². The number of hydrogen-bond donors (Lipinski definition) is 0. The van der Waals surface area contributed by atoms with Gasteiger partial charge in [-0.3, -0.25) is 4.90 Å². The number of fused-ring (bicyclic) bond motifs is 2. The minimum absolute atomic E-state index is 0.873. The molecule has 0 radical (unpaired) electrons. The average Bonchev–Trinajstić information content (AvgIpc) is 3.19. The fraction of sp³-hybridized carbons (Fsp3) is 1.00. The molecule has 5 fully saturated rings. The van der Waals surface area contributed by atoms with E-state index in [1.165, 1.54) is 65.1 Å². The molecule has 4 saturated heterocycles. The Morgan fingerprint density at radius 3 is 2.46 bits per heavy atom. The van der Waals surface area contributed by atoms with E-state index in [0.717, 1.165) is 41.7 Å². The van der Waals surface area contributed by atoms with E-state index in [1.807, 2.05) is 0 Å². The van der Waals surface area contributed by atoms with Crippen LogP contribution in [0.25, 0.3) is 0 Å². The lowest BCUT2D eigenvalue weighted by molar-refractivity contribution is -0.0669. The van der Waals surface area contributed by atoms with Crippen LogP contribution in [0, 0.1) is 29.6 Å². The maximum absolute atomic E-state index is 2.89. The van der Waals surface area contributed by atoms with Crippen molar-refractivity contribution in [1.29, 1.82) is 0 Å². The van der Waals surface area contributed by atoms with E-state index >= 15 is 0 Å². The summed E-state index contributed by atoms with van der Waals surface area (Å²) >= 11 is 0. The molecule has 4 heteroatoms. The summed E-state index contributed by atoms with van der Waals surface area (Å²) in [5, 5.41) is 0. The van der Waals surface area contributed by atoms with Crippen molar-refractivity contribution in [3.63, 3.8) is 0 Å². The quantitative estimate of drug-likeness (QED) is 0.768. The van der Waals surface area contributed by atoms with Gasteiger partial charge in [-0.2, -0.15) is 0 Å². The maximum Gasteiger partial charge on any atom is 0.0252 e. The van der Waals surface area contributed by atoms with E-state index in [9.17, 15) is 0 Å². The van der Waals surface area contributed by atoms with Crippen LogP contribution in [0.3, 0.4) is 0 Å². The molecule has 5 rings (SSSR count). The molecule has 136 valence electrons. The molecule has 4 aliphatic heterocycles. The Kier molecular flexibility index (Phi) is 3.97. The first kappa shape index (κ1) is 16.0. The summed E-state index contributed by atoms with van der Waals surface area (Å²) in [5.41, 5.74) is 0. The van der Waals surface area contributed by atoms with Gasteiger partial charge >= 0.3 is 0 Å². The van der Waals surface area contributed by atoms with Gasteiger partial charge in [-0.15, -0.1) is 0 Å². The van der Waals surface area contributed by atoms with E-state index < -0.39 is 0 Å². The first-order valence-electron chi connectivity index (χ1n) is 10.4. The summed E-state index contributed by atoms with van der Waals surface area (Å²) in [4.78, 5) is 10.7. The van der Waals surface area contributed by atoms with Gasteiger partial charge in [0.25, 0.3) is 0 Å². The van der Waals surface area contributed by atoms with Gasteiger partial charge in [-0.25, -0.2) is 0 Å². The minimum atomic E-state index is 0.873. The van der Waals surface area contributed by atoms with Gasteiger partial charge in [0, 0.05) is 50.7 Å². The summed E-state index contributed by atoms with van der Waals surface area (Å²) in [6.45, 7) is 9.45. The van der Waals surface area contributed by atoms with Gasteiger partial charge in [0.1, 0.15) is 0 Å². The van der Waals surface area contributed by atoms with Gasteiger partial charge in [0.2, 0.25) is 0 Å². The molecule has 0 aromatic rings. The topological polar surface area (TPSA) is 13.0 Å². The maximum atomic E-state index is 2.89. The summed E-state index contributed by atoms with van der Waals surface area (Å²) < 4.78 is 0. The van der Waals surface area contributed by atoms with Crippen molar-refractivity contribution in [1.82, 2.24) is 19.6 Å². The SMILES string of the molecule is CN1CC2CN(C)C2C(C2CC2CN2CC[C@H]3CCN(C)C[C@H]32)C1. The van der Waals surface area contributed by atoms with Crippen molar-refractivity contribution < 1.29 is 0 Å². The largest absolute Gasteiger partial charge is 0.306 e. The van der Waals surface area contributed by atoms with Crippen molar-refractivity contribution in [2.45, 2.75) is 31.3 Å². The molecule has 0 bridgehead atoms. The van der Waals surface area contributed by atoms with E-state index in [4.69, 9.17) is 0 Å². The van der Waals surface area contributed by atoms with Crippen molar-refractivity contribution in [2.75, 3.05) is 67.0 Å². The van der Waals surface area contributed by atoms with Gasteiger partial charge in [-0.05, 0) is 77.2 Å². The second kappa shape index (κ2) is 5.94. The van der Waals surface area contributed by atoms with Crippen LogP contribution in [0.2, 0.25) is 0 Å². The average molecular weight is 333 g/mol. The zero-order valence-electron chi connectivity index (χ0n) is 15.9. The Balaban J connectivity index is 1.20. The first-order valence-corrected chi connectivity index (χ1v) is 10.4. The fourth-order valence-corrected chi connectivity index (χ4v) is 6.91. The highest BCUT2D eigenvalue weighted by Gasteiger charge is 2.54. The molecule has 5 aliphatic rings. The van der Waals surface area contributed by atoms with Crippen LogP contribution in [0.4, 0.5) is 0 Å². The summed E-state index contributed by atoms with van der Waals surface area (Å²) in [5.74, 6) is 4.93. The van der Waals surface area contributed by atoms with E-state index in [1.54, 1.807) is 0 Å². The molecule has 5 unspecified atom stereocenters. The van der Waals surface area contributed by atoms with Gasteiger partial charge in [0.15, 0.2) is 0 Å². The van der Waals surface area contributed by atoms with Crippen LogP contribution in [-0.2, 0) is 0 Å². The number of likely N-dealkylation sites (tertiary alicyclic amines) is 4. The van der Waals surface area contributed by atoms with Gasteiger partial charge < -0.3 is 14.7 Å². The van der Waals surface area contributed by atoms with Crippen molar-refractivity contribution in [3.8, 4) is 0 Å². The van der Waals surface area contributed by atoms with Crippen LogP contribution in [0.5, 0.6) is 0 Å². The molecule has 0 spiro atoms. The second-order valence-electron chi connectivity index (χ2n) is 9.90. The molecule has 1 aliphatic carbocycles. The molecule has 0 aromatic carbocycles. The number of likely N-dealkylation sites (N-methyl/N-ethyl adjacent to an activating group) is 1. The highest BCUT2D eigenvalue weighted by atomic mass is 15.3. The third-order valence-electron chi connectivity index (χ3n) is 8.20. The van der Waals surface area contributed by atoms with Gasteiger partial charge in [-0.1, -0.05) is 0 Å². The highest BCUT2D eigenvalue weighted by molar-refractivity contribution is 5.07.